The van der Waals surface area contributed by atoms with Crippen LogP contribution in [-0.2, 0) is 40.6 Å². The highest BCUT2D eigenvalue weighted by Gasteiger charge is 2.51. The molecular formula is C43H55N4O10P. The molecule has 1 aromatic heterocycles. The number of nitrogens with zero attached hydrogens (tertiary/aromatic N) is 4. The van der Waals surface area contributed by atoms with Gasteiger partial charge in [0.2, 0.25) is 0 Å². The number of hydrogen-bond acceptors (Lipinski definition) is 12. The van der Waals surface area contributed by atoms with Crippen LogP contribution in [0.15, 0.2) is 101 Å². The predicted molar refractivity (Wildman–Crippen MR) is 220 cm³/mol. The van der Waals surface area contributed by atoms with Gasteiger partial charge in [0, 0.05) is 38.5 Å². The van der Waals surface area contributed by atoms with Gasteiger partial charge in [-0.05, 0) is 68.7 Å². The van der Waals surface area contributed by atoms with Gasteiger partial charge in [-0.2, -0.15) is 5.26 Å². The first kappa shape index (κ1) is 44.7. The zero-order valence-corrected chi connectivity index (χ0v) is 35.4. The van der Waals surface area contributed by atoms with E-state index in [1.54, 1.807) is 21.3 Å². The van der Waals surface area contributed by atoms with Crippen molar-refractivity contribution in [2.24, 2.45) is 7.05 Å². The first-order valence-electron chi connectivity index (χ1n) is 19.3. The van der Waals surface area contributed by atoms with Crippen LogP contribution in [-0.4, -0.2) is 92.0 Å². The van der Waals surface area contributed by atoms with Crippen LogP contribution >= 0.6 is 8.53 Å². The van der Waals surface area contributed by atoms with E-state index in [9.17, 15) is 14.9 Å². The van der Waals surface area contributed by atoms with Crippen molar-refractivity contribution in [3.05, 3.63) is 129 Å². The Bertz CT molecular complexity index is 1980. The lowest BCUT2D eigenvalue weighted by atomic mass is 9.80. The average molecular weight is 819 g/mol. The highest BCUT2D eigenvalue weighted by atomic mass is 31.2. The Morgan fingerprint density at radius 3 is 1.93 bits per heavy atom. The largest absolute Gasteiger partial charge is 0.497 e. The molecule has 0 spiro atoms. The second kappa shape index (κ2) is 21.0. The molecule has 0 saturated carbocycles. The zero-order chi connectivity index (χ0) is 41.8. The molecule has 3 aromatic carbocycles. The van der Waals surface area contributed by atoms with E-state index in [1.807, 2.05) is 78.9 Å². The number of rotatable bonds is 21. The third-order valence-electron chi connectivity index (χ3n) is 9.89. The summed E-state index contributed by atoms with van der Waals surface area (Å²) in [5, 5.41) is 9.42. The molecule has 1 aliphatic rings. The maximum absolute atomic E-state index is 13.7. The van der Waals surface area contributed by atoms with E-state index in [-0.39, 0.29) is 44.9 Å². The van der Waals surface area contributed by atoms with Gasteiger partial charge in [0.05, 0.1) is 53.1 Å². The van der Waals surface area contributed by atoms with Crippen LogP contribution in [0.25, 0.3) is 0 Å². The maximum atomic E-state index is 13.7. The van der Waals surface area contributed by atoms with E-state index >= 15 is 0 Å². The van der Waals surface area contributed by atoms with Gasteiger partial charge in [0.15, 0.2) is 6.23 Å². The first-order chi connectivity index (χ1) is 28.0. The van der Waals surface area contributed by atoms with Crippen LogP contribution in [0.4, 0.5) is 0 Å². The lowest BCUT2D eigenvalue weighted by Crippen LogP contribution is -2.44. The summed E-state index contributed by atoms with van der Waals surface area (Å²) in [7, 11) is 4.40. The summed E-state index contributed by atoms with van der Waals surface area (Å²) in [4.78, 5) is 26.3. The van der Waals surface area contributed by atoms with Crippen LogP contribution in [0.5, 0.6) is 11.5 Å². The molecule has 15 heteroatoms. The van der Waals surface area contributed by atoms with Crippen LogP contribution in [0.2, 0.25) is 0 Å². The van der Waals surface area contributed by atoms with Crippen LogP contribution < -0.4 is 20.7 Å². The number of hydrogen-bond donors (Lipinski definition) is 0. The second-order valence-corrected chi connectivity index (χ2v) is 15.6. The molecule has 312 valence electrons. The van der Waals surface area contributed by atoms with Crippen molar-refractivity contribution >= 4 is 8.53 Å². The minimum atomic E-state index is -1.82. The van der Waals surface area contributed by atoms with Crippen LogP contribution in [0.1, 0.15) is 57.0 Å². The van der Waals surface area contributed by atoms with E-state index in [0.717, 1.165) is 21.3 Å². The highest BCUT2D eigenvalue weighted by molar-refractivity contribution is 7.44. The van der Waals surface area contributed by atoms with Gasteiger partial charge in [-0.1, -0.05) is 54.6 Å². The number of benzene rings is 3. The fourth-order valence-electron chi connectivity index (χ4n) is 7.10. The molecular weight excluding hydrogens is 763 g/mol. The molecule has 58 heavy (non-hydrogen) atoms. The molecule has 0 aliphatic carbocycles. The minimum Gasteiger partial charge on any atom is -0.497 e. The topological polar surface area (TPSA) is 145 Å². The molecule has 1 fully saturated rings. The molecule has 5 rings (SSSR count). The van der Waals surface area contributed by atoms with Gasteiger partial charge in [-0.15, -0.1) is 0 Å². The molecule has 0 radical (unpaired) electrons. The minimum absolute atomic E-state index is 0.00369. The van der Waals surface area contributed by atoms with Gasteiger partial charge in [0.1, 0.15) is 35.4 Å². The van der Waals surface area contributed by atoms with E-state index in [1.165, 1.54) is 23.9 Å². The summed E-state index contributed by atoms with van der Waals surface area (Å²) in [6, 6.07) is 28.7. The van der Waals surface area contributed by atoms with E-state index < -0.39 is 49.9 Å². The van der Waals surface area contributed by atoms with Crippen molar-refractivity contribution in [1.82, 2.24) is 13.8 Å². The quantitative estimate of drug-likeness (QED) is 0.0539. The smallest absolute Gasteiger partial charge is 0.332 e. The van der Waals surface area contributed by atoms with E-state index in [2.05, 4.69) is 38.4 Å². The summed E-state index contributed by atoms with van der Waals surface area (Å²) in [6.45, 7) is 8.67. The summed E-state index contributed by atoms with van der Waals surface area (Å²) >= 11 is 0. The summed E-state index contributed by atoms with van der Waals surface area (Å²) < 4.78 is 55.0. The van der Waals surface area contributed by atoms with Crippen molar-refractivity contribution in [2.45, 2.75) is 76.3 Å². The van der Waals surface area contributed by atoms with Crippen LogP contribution in [0, 0.1) is 11.3 Å². The Morgan fingerprint density at radius 2 is 1.40 bits per heavy atom. The van der Waals surface area contributed by atoms with Crippen LogP contribution in [0.3, 0.4) is 0 Å². The Balaban J connectivity index is 1.69. The van der Waals surface area contributed by atoms with Crippen molar-refractivity contribution in [1.29, 1.82) is 5.26 Å². The molecule has 0 bridgehead atoms. The monoisotopic (exact) mass is 818 g/mol. The predicted octanol–water partition coefficient (Wildman–Crippen LogP) is 6.16. The SMILES string of the molecule is COCCO[C@@H]1[C@H](OP(OCCC#N)N(C(C)C)C(C)C)[C@@H](COC(c2ccccc2)(c2ccc(OC)cc2)c2ccc(OC)cc2)O[C@H]1n1ccc(=O)n(C)c1=O. The van der Waals surface area contributed by atoms with Gasteiger partial charge < -0.3 is 37.5 Å². The van der Waals surface area contributed by atoms with Crippen molar-refractivity contribution in [3.63, 3.8) is 0 Å². The second-order valence-electron chi connectivity index (χ2n) is 14.2. The van der Waals surface area contributed by atoms with Crippen molar-refractivity contribution in [3.8, 4) is 17.6 Å². The molecule has 1 aliphatic heterocycles. The Kier molecular flexibility index (Phi) is 16.2. The normalized spacial score (nSPS) is 18.8. The van der Waals surface area contributed by atoms with Gasteiger partial charge in [-0.25, -0.2) is 9.46 Å². The first-order valence-corrected chi connectivity index (χ1v) is 20.4. The average Bonchev–Trinajstić information content (AvgIpc) is 3.56. The zero-order valence-electron chi connectivity index (χ0n) is 34.5. The summed E-state index contributed by atoms with van der Waals surface area (Å²) in [5.41, 5.74) is 0.203. The lowest BCUT2D eigenvalue weighted by Gasteiger charge is -2.39. The molecule has 0 amide bonds. The fraction of sp³-hybridized carbons (Fsp3) is 0.465. The third kappa shape index (κ3) is 10.1. The molecule has 1 saturated heterocycles. The highest BCUT2D eigenvalue weighted by Crippen LogP contribution is 2.51. The standard InChI is InChI=1S/C43H55N4O10P/c1-30(2)47(31(3)4)58(55-26-12-24-44)57-39-37(56-41(40(39)53-28-27-50-6)46-25-23-38(48)45(5)42(46)49)29-54-43(32-13-10-9-11-14-32,33-15-19-35(51-7)20-16-33)34-17-21-36(52-8)22-18-34/h9-11,13-23,25,30-31,37,39-41H,12,26-29H2,1-8H3/t37-,39-,40-,41-,58?/m1/s1. The lowest BCUT2D eigenvalue weighted by molar-refractivity contribution is -0.0994. The maximum Gasteiger partial charge on any atom is 0.332 e. The van der Waals surface area contributed by atoms with E-state index in [4.69, 9.17) is 37.5 Å². The molecule has 4 aromatic rings. The summed E-state index contributed by atoms with van der Waals surface area (Å²) in [6.07, 6.45) is -2.14. The van der Waals surface area contributed by atoms with Crippen molar-refractivity contribution in [2.75, 3.05) is 47.8 Å². The van der Waals surface area contributed by atoms with Gasteiger partial charge in [-0.3, -0.25) is 13.9 Å². The molecule has 2 heterocycles. The number of methoxy groups -OCH3 is 3. The summed E-state index contributed by atoms with van der Waals surface area (Å²) in [5.74, 6) is 1.36. The molecule has 0 N–H and O–H groups in total. The number of nitriles is 1. The van der Waals surface area contributed by atoms with Crippen molar-refractivity contribution < 1.29 is 37.5 Å². The number of ether oxygens (including phenoxy) is 6. The Morgan fingerprint density at radius 1 is 0.810 bits per heavy atom. The van der Waals surface area contributed by atoms with Gasteiger partial charge >= 0.3 is 5.69 Å². The Labute approximate surface area is 341 Å². The molecule has 14 nitrogen and oxygen atoms in total. The van der Waals surface area contributed by atoms with E-state index in [0.29, 0.717) is 11.5 Å². The molecule has 1 unspecified atom stereocenters. The van der Waals surface area contributed by atoms with Gasteiger partial charge in [0.25, 0.3) is 14.1 Å². The Hall–Kier alpha value is -4.42. The third-order valence-corrected chi connectivity index (χ3v) is 12.0. The number of aromatic nitrogens is 2. The molecule has 5 atom stereocenters. The fourth-order valence-corrected chi connectivity index (χ4v) is 8.87.